The van der Waals surface area contributed by atoms with Crippen molar-refractivity contribution in [1.82, 2.24) is 0 Å². The third kappa shape index (κ3) is 6.55. The lowest BCUT2D eigenvalue weighted by atomic mass is 9.90. The Kier molecular flexibility index (Phi) is 9.62. The molecule has 10 rings (SSSR count). The molecular weight excluding hydrogens is 725 g/mol. The molecule has 60 heavy (non-hydrogen) atoms. The highest BCUT2D eigenvalue weighted by Gasteiger charge is 2.25. The third-order valence-corrected chi connectivity index (χ3v) is 12.1. The lowest BCUT2D eigenvalue weighted by molar-refractivity contribution is 0.865. The van der Waals surface area contributed by atoms with Crippen LogP contribution in [0.5, 0.6) is 0 Å². The van der Waals surface area contributed by atoms with E-state index in [1.54, 1.807) is 0 Å². The van der Waals surface area contributed by atoms with Crippen molar-refractivity contribution in [1.29, 1.82) is 0 Å². The van der Waals surface area contributed by atoms with Crippen LogP contribution >= 0.6 is 0 Å². The molecule has 0 atom stereocenters. The van der Waals surface area contributed by atoms with Gasteiger partial charge >= 0.3 is 0 Å². The maximum absolute atomic E-state index is 2.49. The first-order valence-electron chi connectivity index (χ1n) is 21.2. The molecule has 0 heterocycles. The van der Waals surface area contributed by atoms with E-state index in [1.807, 2.05) is 0 Å². The molecule has 2 nitrogen and oxygen atoms in total. The van der Waals surface area contributed by atoms with Gasteiger partial charge in [-0.25, -0.2) is 0 Å². The first kappa shape index (κ1) is 37.1. The van der Waals surface area contributed by atoms with E-state index in [2.05, 4.69) is 244 Å². The van der Waals surface area contributed by atoms with Crippen LogP contribution in [0.3, 0.4) is 0 Å². The number of benzene rings is 10. The normalized spacial score (nSPS) is 11.6. The number of hydrogen-bond acceptors (Lipinski definition) is 2. The summed E-state index contributed by atoms with van der Waals surface area (Å²) in [5, 5.41) is 7.49. The van der Waals surface area contributed by atoms with Gasteiger partial charge in [-0.1, -0.05) is 185 Å². The van der Waals surface area contributed by atoms with E-state index in [-0.39, 0.29) is 0 Å². The Hall–Kier alpha value is -7.16. The van der Waals surface area contributed by atoms with Gasteiger partial charge in [0.1, 0.15) is 0 Å². The molecule has 0 N–H and O–H groups in total. The highest BCUT2D eigenvalue weighted by atomic mass is 15.2. The minimum Gasteiger partial charge on any atom is -0.310 e. The number of hydrogen-bond donors (Lipinski definition) is 0. The van der Waals surface area contributed by atoms with Crippen LogP contribution in [0.15, 0.2) is 206 Å². The fraction of sp³-hybridized carbons (Fsp3) is 0.103. The molecule has 0 saturated heterocycles. The number of anilines is 6. The van der Waals surface area contributed by atoms with E-state index in [4.69, 9.17) is 0 Å². The van der Waals surface area contributed by atoms with Gasteiger partial charge in [-0.2, -0.15) is 0 Å². The van der Waals surface area contributed by atoms with Crippen LogP contribution in [0.25, 0.3) is 54.6 Å². The van der Waals surface area contributed by atoms with Gasteiger partial charge in [-0.15, -0.1) is 0 Å². The monoisotopic (exact) mass is 772 g/mol. The summed E-state index contributed by atoms with van der Waals surface area (Å²) in [6, 6.07) is 75.9. The molecule has 0 bridgehead atoms. The Bertz CT molecular complexity index is 2870. The Morgan fingerprint density at radius 3 is 1.02 bits per heavy atom. The van der Waals surface area contributed by atoms with Crippen molar-refractivity contribution in [2.45, 2.75) is 39.5 Å². The van der Waals surface area contributed by atoms with E-state index >= 15 is 0 Å². The summed E-state index contributed by atoms with van der Waals surface area (Å²) in [5.74, 6) is 0.636. The molecule has 0 aliphatic carbocycles. The summed E-state index contributed by atoms with van der Waals surface area (Å²) in [5.41, 5.74) is 14.4. The molecule has 0 saturated carbocycles. The number of rotatable bonds is 10. The van der Waals surface area contributed by atoms with E-state index in [9.17, 15) is 0 Å². The maximum atomic E-state index is 2.49. The predicted molar refractivity (Wildman–Crippen MR) is 259 cm³/mol. The first-order chi connectivity index (χ1) is 29.4. The van der Waals surface area contributed by atoms with Gasteiger partial charge in [0.25, 0.3) is 0 Å². The molecule has 2 heteroatoms. The van der Waals surface area contributed by atoms with Crippen LogP contribution in [0.1, 0.15) is 50.7 Å². The summed E-state index contributed by atoms with van der Waals surface area (Å²) >= 11 is 0. The molecule has 0 aliphatic heterocycles. The predicted octanol–water partition coefficient (Wildman–Crippen LogP) is 17.1. The average molecular weight is 773 g/mol. The standard InChI is InChI=1S/C58H48N2/c1-39(2)49-31-27-45(41-17-9-5-10-18-41)37-55(49)59(47-21-13-7-14-22-47)53-35-29-43-25-26-44-30-36-54(52-34-33-51(53)57(43)58(44)52)60(48-23-15-8-16-24-48)56-38-46(28-32-50(56)40(3)4)42-19-11-6-12-20-42/h5-40H,1-4H3. The zero-order valence-electron chi connectivity index (χ0n) is 34.7. The van der Waals surface area contributed by atoms with E-state index in [1.165, 1.54) is 77.1 Å². The third-order valence-electron chi connectivity index (χ3n) is 12.1. The van der Waals surface area contributed by atoms with Gasteiger partial charge in [-0.05, 0) is 115 Å². The number of nitrogens with zero attached hydrogens (tertiary/aromatic N) is 2. The minimum atomic E-state index is 0.318. The molecule has 290 valence electrons. The van der Waals surface area contributed by atoms with Crippen LogP contribution in [0.4, 0.5) is 34.1 Å². The molecule has 0 aliphatic rings. The summed E-state index contributed by atoms with van der Waals surface area (Å²) in [7, 11) is 0. The van der Waals surface area contributed by atoms with E-state index in [0.717, 1.165) is 22.7 Å². The quantitative estimate of drug-likeness (QED) is 0.128. The summed E-state index contributed by atoms with van der Waals surface area (Å²) < 4.78 is 0. The molecule has 10 aromatic carbocycles. The van der Waals surface area contributed by atoms with E-state index < -0.39 is 0 Å². The Balaban J connectivity index is 1.24. The van der Waals surface area contributed by atoms with Gasteiger partial charge in [0, 0.05) is 22.1 Å². The van der Waals surface area contributed by atoms with Gasteiger partial charge in [0.05, 0.1) is 22.7 Å². The fourth-order valence-electron chi connectivity index (χ4n) is 9.20. The first-order valence-corrected chi connectivity index (χ1v) is 21.2. The van der Waals surface area contributed by atoms with Crippen molar-refractivity contribution in [2.75, 3.05) is 9.80 Å². The molecule has 10 aromatic rings. The second kappa shape index (κ2) is 15.5. The smallest absolute Gasteiger partial charge is 0.0540 e. The highest BCUT2D eigenvalue weighted by Crippen LogP contribution is 2.50. The SMILES string of the molecule is CC(C)c1ccc(-c2ccccc2)cc1N(c1ccccc1)c1ccc2ccc3ccc(N(c4ccccc4)c4cc(-c5ccccc5)ccc4C(C)C)c4ccc1c2c34. The molecule has 0 aromatic heterocycles. The lowest BCUT2D eigenvalue weighted by Crippen LogP contribution is -2.14. The summed E-state index contributed by atoms with van der Waals surface area (Å²) in [6.45, 7) is 9.20. The second-order valence-corrected chi connectivity index (χ2v) is 16.5. The van der Waals surface area contributed by atoms with Gasteiger partial charge in [0.15, 0.2) is 0 Å². The van der Waals surface area contributed by atoms with Crippen LogP contribution < -0.4 is 9.80 Å². The summed E-state index contributed by atoms with van der Waals surface area (Å²) in [6.07, 6.45) is 0. The van der Waals surface area contributed by atoms with Crippen LogP contribution in [0, 0.1) is 0 Å². The minimum absolute atomic E-state index is 0.318. The molecule has 0 spiro atoms. The van der Waals surface area contributed by atoms with Crippen molar-refractivity contribution in [3.05, 3.63) is 217 Å². The zero-order valence-corrected chi connectivity index (χ0v) is 34.7. The Labute approximate surface area is 354 Å². The van der Waals surface area contributed by atoms with Crippen molar-refractivity contribution in [3.63, 3.8) is 0 Å². The molecule has 0 amide bonds. The Morgan fingerprint density at radius 2 is 0.650 bits per heavy atom. The largest absolute Gasteiger partial charge is 0.310 e. The van der Waals surface area contributed by atoms with Crippen molar-refractivity contribution in [2.24, 2.45) is 0 Å². The molecule has 0 radical (unpaired) electrons. The van der Waals surface area contributed by atoms with E-state index in [0.29, 0.717) is 11.8 Å². The highest BCUT2D eigenvalue weighted by molar-refractivity contribution is 6.28. The van der Waals surface area contributed by atoms with Crippen LogP contribution in [-0.4, -0.2) is 0 Å². The molecular formula is C58H48N2. The topological polar surface area (TPSA) is 6.48 Å². The second-order valence-electron chi connectivity index (χ2n) is 16.5. The van der Waals surface area contributed by atoms with Gasteiger partial charge < -0.3 is 9.80 Å². The van der Waals surface area contributed by atoms with Gasteiger partial charge in [0.2, 0.25) is 0 Å². The van der Waals surface area contributed by atoms with Gasteiger partial charge in [-0.3, -0.25) is 0 Å². The van der Waals surface area contributed by atoms with Crippen LogP contribution in [-0.2, 0) is 0 Å². The maximum Gasteiger partial charge on any atom is 0.0540 e. The lowest BCUT2D eigenvalue weighted by Gasteiger charge is -2.32. The Morgan fingerprint density at radius 1 is 0.300 bits per heavy atom. The number of para-hydroxylation sites is 2. The molecule has 0 unspecified atom stereocenters. The molecule has 0 fully saturated rings. The summed E-state index contributed by atoms with van der Waals surface area (Å²) in [4.78, 5) is 4.99. The van der Waals surface area contributed by atoms with Crippen molar-refractivity contribution in [3.8, 4) is 22.3 Å². The van der Waals surface area contributed by atoms with Crippen molar-refractivity contribution >= 4 is 66.4 Å². The van der Waals surface area contributed by atoms with Crippen LogP contribution in [0.2, 0.25) is 0 Å². The van der Waals surface area contributed by atoms with Crippen molar-refractivity contribution < 1.29 is 0 Å². The average Bonchev–Trinajstić information content (AvgIpc) is 3.30. The zero-order chi connectivity index (χ0) is 40.7. The fourth-order valence-corrected chi connectivity index (χ4v) is 9.20.